The summed E-state index contributed by atoms with van der Waals surface area (Å²) in [5.41, 5.74) is 2.81. The summed E-state index contributed by atoms with van der Waals surface area (Å²) in [5, 5.41) is 32.1. The lowest BCUT2D eigenvalue weighted by molar-refractivity contribution is 0.138. The molecule has 6 rings (SSSR count). The fraction of sp³-hybridized carbons (Fsp3) is 0.519. The minimum atomic E-state index is 0.0709. The number of nitrogens with zero attached hydrogens (tertiary/aromatic N) is 6. The van der Waals surface area contributed by atoms with Gasteiger partial charge in [-0.2, -0.15) is 5.10 Å². The van der Waals surface area contributed by atoms with Crippen LogP contribution in [-0.4, -0.2) is 61.3 Å². The lowest BCUT2D eigenvalue weighted by Gasteiger charge is -2.50. The molecule has 9 nitrogen and oxygen atoms in total. The van der Waals surface area contributed by atoms with Crippen molar-refractivity contribution in [3.63, 3.8) is 0 Å². The van der Waals surface area contributed by atoms with E-state index in [1.54, 1.807) is 19.2 Å². The van der Waals surface area contributed by atoms with Crippen molar-refractivity contribution in [1.82, 2.24) is 30.7 Å². The highest BCUT2D eigenvalue weighted by Crippen LogP contribution is 2.41. The van der Waals surface area contributed by atoms with E-state index in [1.807, 2.05) is 25.3 Å². The van der Waals surface area contributed by atoms with Crippen molar-refractivity contribution in [3.8, 4) is 34.1 Å². The highest BCUT2D eigenvalue weighted by molar-refractivity contribution is 5.71. The molecule has 4 heterocycles. The van der Waals surface area contributed by atoms with Crippen LogP contribution in [-0.2, 0) is 0 Å². The summed E-state index contributed by atoms with van der Waals surface area (Å²) in [6.45, 7) is 4.21. The maximum atomic E-state index is 10.8. The molecule has 1 aromatic carbocycles. The van der Waals surface area contributed by atoms with E-state index in [2.05, 4.69) is 42.5 Å². The minimum absolute atomic E-state index is 0.0709. The number of methoxy groups -OCH3 is 1. The Bertz CT molecular complexity index is 1260. The molecule has 1 saturated carbocycles. The Balaban J connectivity index is 1.24. The van der Waals surface area contributed by atoms with Gasteiger partial charge in [-0.15, -0.1) is 15.3 Å². The molecule has 0 radical (unpaired) electrons. The van der Waals surface area contributed by atoms with Gasteiger partial charge in [-0.1, -0.05) is 12.5 Å². The van der Waals surface area contributed by atoms with Crippen molar-refractivity contribution in [1.29, 1.82) is 0 Å². The quantitative estimate of drug-likeness (QED) is 0.532. The van der Waals surface area contributed by atoms with Crippen molar-refractivity contribution in [2.75, 3.05) is 12.0 Å². The van der Waals surface area contributed by atoms with Crippen LogP contribution < -0.4 is 15.0 Å². The molecule has 2 aliphatic heterocycles. The Morgan fingerprint density at radius 2 is 1.94 bits per heavy atom. The van der Waals surface area contributed by atoms with Gasteiger partial charge in [0.1, 0.15) is 17.2 Å². The third kappa shape index (κ3) is 4.36. The number of anilines is 1. The largest absolute Gasteiger partial charge is 0.507 e. The van der Waals surface area contributed by atoms with Crippen LogP contribution in [0.1, 0.15) is 57.6 Å². The first-order valence-corrected chi connectivity index (χ1v) is 12.9. The maximum absolute atomic E-state index is 10.8. The number of fused-ring (bicyclic) bond motifs is 2. The number of hydrogen-bond donors (Lipinski definition) is 2. The summed E-state index contributed by atoms with van der Waals surface area (Å²) in [5.74, 6) is 1.97. The van der Waals surface area contributed by atoms with Gasteiger partial charge in [-0.3, -0.25) is 0 Å². The number of hydrogen-bond acceptors (Lipinski definition) is 9. The Morgan fingerprint density at radius 3 is 2.64 bits per heavy atom. The first-order chi connectivity index (χ1) is 17.4. The lowest BCUT2D eigenvalue weighted by atomic mass is 9.75. The number of piperidine rings is 2. The number of benzene rings is 1. The second-order valence-corrected chi connectivity index (χ2v) is 10.8. The standard InChI is InChI=1S/C27H33N7O2/c1-16-24(36-3)13-22(31-30-16)17-6-9-21(23(35)11-17)26-28-15-25(32-33-26)34(19-7-8-19)20-12-18-5-4-10-27(2,14-20)29-18/h6,9,11,13,15,18-20,29,35H,4-5,7-8,10,12,14H2,1-3H3/t18-,20-,27+/m0/s1. The van der Waals surface area contributed by atoms with Crippen LogP contribution in [0.15, 0.2) is 30.5 Å². The van der Waals surface area contributed by atoms with Crippen molar-refractivity contribution >= 4 is 5.82 Å². The monoisotopic (exact) mass is 487 g/mol. The van der Waals surface area contributed by atoms with Crippen LogP contribution >= 0.6 is 0 Å². The van der Waals surface area contributed by atoms with Gasteiger partial charge in [0.05, 0.1) is 24.6 Å². The molecular formula is C27H33N7O2. The molecule has 3 fully saturated rings. The van der Waals surface area contributed by atoms with Gasteiger partial charge in [-0.25, -0.2) is 4.98 Å². The Morgan fingerprint density at radius 1 is 1.08 bits per heavy atom. The zero-order valence-corrected chi connectivity index (χ0v) is 21.1. The van der Waals surface area contributed by atoms with Gasteiger partial charge in [-0.05, 0) is 64.5 Å². The average molecular weight is 488 g/mol. The number of ether oxygens (including phenoxy) is 1. The fourth-order valence-corrected chi connectivity index (χ4v) is 6.06. The predicted octanol–water partition coefficient (Wildman–Crippen LogP) is 4.05. The van der Waals surface area contributed by atoms with Crippen LogP contribution in [0.25, 0.3) is 22.6 Å². The van der Waals surface area contributed by atoms with Crippen molar-refractivity contribution < 1.29 is 9.84 Å². The molecule has 1 aliphatic carbocycles. The summed E-state index contributed by atoms with van der Waals surface area (Å²) < 4.78 is 5.35. The van der Waals surface area contributed by atoms with E-state index in [0.717, 1.165) is 24.2 Å². The predicted molar refractivity (Wildman–Crippen MR) is 137 cm³/mol. The summed E-state index contributed by atoms with van der Waals surface area (Å²) >= 11 is 0. The first-order valence-electron chi connectivity index (χ1n) is 12.9. The number of phenols is 1. The van der Waals surface area contributed by atoms with Gasteiger partial charge >= 0.3 is 0 Å². The van der Waals surface area contributed by atoms with Crippen LogP contribution in [0.4, 0.5) is 5.82 Å². The number of nitrogens with one attached hydrogen (secondary N) is 1. The molecule has 3 atom stereocenters. The molecule has 2 aromatic heterocycles. The molecule has 2 saturated heterocycles. The molecule has 36 heavy (non-hydrogen) atoms. The van der Waals surface area contributed by atoms with Crippen molar-refractivity contribution in [3.05, 3.63) is 36.2 Å². The summed E-state index contributed by atoms with van der Waals surface area (Å²) in [7, 11) is 1.60. The van der Waals surface area contributed by atoms with Gasteiger partial charge in [0, 0.05) is 35.3 Å². The normalized spacial score (nSPS) is 25.4. The number of rotatable bonds is 6. The second kappa shape index (κ2) is 8.96. The Labute approximate surface area is 211 Å². The molecule has 3 aliphatic rings. The molecule has 3 aromatic rings. The van der Waals surface area contributed by atoms with Crippen LogP contribution in [0.5, 0.6) is 11.5 Å². The van der Waals surface area contributed by atoms with Gasteiger partial charge < -0.3 is 20.1 Å². The number of phenolic OH excluding ortho intramolecular Hbond substituents is 1. The molecule has 0 amide bonds. The lowest BCUT2D eigenvalue weighted by Crippen LogP contribution is -2.61. The topological polar surface area (TPSA) is 109 Å². The summed E-state index contributed by atoms with van der Waals surface area (Å²) in [6, 6.07) is 8.69. The van der Waals surface area contributed by atoms with Gasteiger partial charge in [0.2, 0.25) is 0 Å². The maximum Gasteiger partial charge on any atom is 0.185 e. The van der Waals surface area contributed by atoms with Crippen LogP contribution in [0.3, 0.4) is 0 Å². The SMILES string of the molecule is COc1cc(-c2ccc(-c3ncc(N(C4CC4)[C@H]4C[C@@H]5CCC[C@](C)(C4)N5)nn3)c(O)c2)nnc1C. The Hall–Kier alpha value is -3.33. The average Bonchev–Trinajstić information content (AvgIpc) is 3.69. The molecule has 2 bridgehead atoms. The minimum Gasteiger partial charge on any atom is -0.507 e. The van der Waals surface area contributed by atoms with Crippen molar-refractivity contribution in [2.24, 2.45) is 0 Å². The fourth-order valence-electron chi connectivity index (χ4n) is 6.06. The molecule has 188 valence electrons. The van der Waals surface area contributed by atoms with Crippen molar-refractivity contribution in [2.45, 2.75) is 82.5 Å². The number of aromatic nitrogens is 5. The summed E-state index contributed by atoms with van der Waals surface area (Å²) in [4.78, 5) is 7.11. The van der Waals surface area contributed by atoms with Gasteiger partial charge in [0.15, 0.2) is 11.6 Å². The van der Waals surface area contributed by atoms with E-state index < -0.39 is 0 Å². The zero-order chi connectivity index (χ0) is 24.9. The van der Waals surface area contributed by atoms with E-state index in [1.165, 1.54) is 32.1 Å². The zero-order valence-electron chi connectivity index (χ0n) is 21.1. The molecule has 2 N–H and O–H groups in total. The smallest absolute Gasteiger partial charge is 0.185 e. The van der Waals surface area contributed by atoms with E-state index in [4.69, 9.17) is 4.74 Å². The van der Waals surface area contributed by atoms with E-state index in [-0.39, 0.29) is 11.3 Å². The van der Waals surface area contributed by atoms with E-state index >= 15 is 0 Å². The third-order valence-corrected chi connectivity index (χ3v) is 7.91. The van der Waals surface area contributed by atoms with E-state index in [0.29, 0.717) is 46.7 Å². The Kier molecular flexibility index (Phi) is 5.75. The third-order valence-electron chi connectivity index (χ3n) is 7.91. The second-order valence-electron chi connectivity index (χ2n) is 10.8. The van der Waals surface area contributed by atoms with Crippen LogP contribution in [0.2, 0.25) is 0 Å². The number of aryl methyl sites for hydroxylation is 1. The highest BCUT2D eigenvalue weighted by atomic mass is 16.5. The van der Waals surface area contributed by atoms with E-state index in [9.17, 15) is 5.11 Å². The van der Waals surface area contributed by atoms with Gasteiger partial charge in [0.25, 0.3) is 0 Å². The first kappa shape index (κ1) is 23.1. The molecule has 0 spiro atoms. The molecule has 9 heteroatoms. The molecular weight excluding hydrogens is 454 g/mol. The van der Waals surface area contributed by atoms with Crippen LogP contribution in [0, 0.1) is 6.92 Å². The summed E-state index contributed by atoms with van der Waals surface area (Å²) in [6.07, 6.45) is 10.3. The highest BCUT2D eigenvalue weighted by Gasteiger charge is 2.45. The molecule has 0 unspecified atom stereocenters. The number of aromatic hydroxyl groups is 1.